The zero-order valence-electron chi connectivity index (χ0n) is 14.8. The second kappa shape index (κ2) is 6.06. The van der Waals surface area contributed by atoms with Gasteiger partial charge in [-0.2, -0.15) is 5.26 Å². The quantitative estimate of drug-likeness (QED) is 0.909. The standard InChI is InChI=1S/C19H23F2N3O/c1-12-8-14(11-22)10-16-23-17(18(2,3)25)15(24(12)16)9-13-4-6-19(20,21)7-5-13/h8,10,13,25H,4-7,9H2,1-3H3. The molecule has 2 heterocycles. The van der Waals surface area contributed by atoms with Gasteiger partial charge in [0.25, 0.3) is 0 Å². The first-order chi connectivity index (χ1) is 11.6. The highest BCUT2D eigenvalue weighted by atomic mass is 19.3. The van der Waals surface area contributed by atoms with Crippen LogP contribution in [0.4, 0.5) is 8.78 Å². The molecule has 134 valence electrons. The minimum absolute atomic E-state index is 0.0795. The Kier molecular flexibility index (Phi) is 4.32. The number of nitriles is 1. The molecule has 0 aliphatic heterocycles. The van der Waals surface area contributed by atoms with Gasteiger partial charge in [0.05, 0.1) is 17.3 Å². The van der Waals surface area contributed by atoms with E-state index in [9.17, 15) is 13.9 Å². The fraction of sp³-hybridized carbons (Fsp3) is 0.579. The van der Waals surface area contributed by atoms with Crippen LogP contribution in [0.25, 0.3) is 5.65 Å². The Morgan fingerprint density at radius 2 is 2.00 bits per heavy atom. The van der Waals surface area contributed by atoms with Gasteiger partial charge >= 0.3 is 0 Å². The van der Waals surface area contributed by atoms with Crippen molar-refractivity contribution in [2.45, 2.75) is 64.4 Å². The summed E-state index contributed by atoms with van der Waals surface area (Å²) in [5, 5.41) is 19.7. The summed E-state index contributed by atoms with van der Waals surface area (Å²) in [6, 6.07) is 5.59. The first kappa shape index (κ1) is 17.8. The predicted molar refractivity (Wildman–Crippen MR) is 90.5 cm³/mol. The van der Waals surface area contributed by atoms with Crippen LogP contribution in [0.3, 0.4) is 0 Å². The molecule has 1 saturated carbocycles. The van der Waals surface area contributed by atoms with Crippen molar-refractivity contribution in [3.8, 4) is 6.07 Å². The molecule has 0 unspecified atom stereocenters. The molecule has 3 rings (SSSR count). The second-order valence-electron chi connectivity index (χ2n) is 7.66. The number of aryl methyl sites for hydroxylation is 1. The number of hydrogen-bond acceptors (Lipinski definition) is 3. The predicted octanol–water partition coefficient (Wildman–Crippen LogP) is 4.11. The zero-order valence-corrected chi connectivity index (χ0v) is 14.8. The average molecular weight is 347 g/mol. The first-order valence-corrected chi connectivity index (χ1v) is 8.63. The van der Waals surface area contributed by atoms with Crippen LogP contribution in [-0.4, -0.2) is 20.4 Å². The third-order valence-corrected chi connectivity index (χ3v) is 5.03. The molecule has 0 aromatic carbocycles. The van der Waals surface area contributed by atoms with Crippen molar-refractivity contribution in [3.63, 3.8) is 0 Å². The molecule has 1 N–H and O–H groups in total. The summed E-state index contributed by atoms with van der Waals surface area (Å²) >= 11 is 0. The van der Waals surface area contributed by atoms with E-state index in [1.54, 1.807) is 26.0 Å². The van der Waals surface area contributed by atoms with Crippen LogP contribution in [0.1, 0.15) is 62.2 Å². The minimum atomic E-state index is -2.55. The summed E-state index contributed by atoms with van der Waals surface area (Å²) < 4.78 is 28.8. The molecular weight excluding hydrogens is 324 g/mol. The van der Waals surface area contributed by atoms with Gasteiger partial charge in [-0.15, -0.1) is 0 Å². The number of aliphatic hydroxyl groups is 1. The minimum Gasteiger partial charge on any atom is -0.384 e. The van der Waals surface area contributed by atoms with Gasteiger partial charge in [0, 0.05) is 24.2 Å². The molecule has 0 atom stereocenters. The molecule has 1 aliphatic rings. The third kappa shape index (κ3) is 3.52. The highest BCUT2D eigenvalue weighted by molar-refractivity contribution is 5.52. The molecule has 0 spiro atoms. The molecule has 6 heteroatoms. The van der Waals surface area contributed by atoms with Gasteiger partial charge in [0.15, 0.2) is 0 Å². The number of nitrogens with zero attached hydrogens (tertiary/aromatic N) is 3. The lowest BCUT2D eigenvalue weighted by Crippen LogP contribution is -2.27. The van der Waals surface area contributed by atoms with Gasteiger partial charge in [-0.1, -0.05) is 0 Å². The van der Waals surface area contributed by atoms with Gasteiger partial charge in [-0.05, 0) is 58.1 Å². The number of pyridine rings is 1. The third-order valence-electron chi connectivity index (χ3n) is 5.03. The molecule has 0 radical (unpaired) electrons. The van der Waals surface area contributed by atoms with E-state index in [1.807, 2.05) is 11.3 Å². The van der Waals surface area contributed by atoms with E-state index < -0.39 is 11.5 Å². The van der Waals surface area contributed by atoms with Crippen molar-refractivity contribution >= 4 is 5.65 Å². The maximum atomic E-state index is 13.4. The lowest BCUT2D eigenvalue weighted by atomic mass is 9.83. The van der Waals surface area contributed by atoms with Crippen LogP contribution < -0.4 is 0 Å². The van der Waals surface area contributed by atoms with Gasteiger partial charge < -0.3 is 9.51 Å². The smallest absolute Gasteiger partial charge is 0.248 e. The van der Waals surface area contributed by atoms with Crippen LogP contribution in [0.2, 0.25) is 0 Å². The van der Waals surface area contributed by atoms with Crippen molar-refractivity contribution in [2.75, 3.05) is 0 Å². The number of fused-ring (bicyclic) bond motifs is 1. The summed E-state index contributed by atoms with van der Waals surface area (Å²) in [6.07, 6.45) is 1.39. The Morgan fingerprint density at radius 1 is 1.36 bits per heavy atom. The summed E-state index contributed by atoms with van der Waals surface area (Å²) in [5.74, 6) is -2.40. The second-order valence-corrected chi connectivity index (χ2v) is 7.66. The molecule has 0 bridgehead atoms. The van der Waals surface area contributed by atoms with Crippen molar-refractivity contribution in [1.29, 1.82) is 5.26 Å². The first-order valence-electron chi connectivity index (χ1n) is 8.63. The maximum absolute atomic E-state index is 13.4. The average Bonchev–Trinajstić information content (AvgIpc) is 2.88. The van der Waals surface area contributed by atoms with E-state index in [2.05, 4.69) is 11.1 Å². The Balaban J connectivity index is 2.05. The summed E-state index contributed by atoms with van der Waals surface area (Å²) in [7, 11) is 0. The summed E-state index contributed by atoms with van der Waals surface area (Å²) in [5.41, 5.74) is 2.26. The summed E-state index contributed by atoms with van der Waals surface area (Å²) in [4.78, 5) is 4.56. The Bertz CT molecular complexity index is 833. The molecule has 2 aromatic heterocycles. The van der Waals surface area contributed by atoms with Gasteiger partial charge in [0.1, 0.15) is 11.2 Å². The van der Waals surface area contributed by atoms with Crippen LogP contribution in [0.15, 0.2) is 12.1 Å². The van der Waals surface area contributed by atoms with E-state index in [0.717, 1.165) is 11.4 Å². The molecule has 1 aliphatic carbocycles. The number of hydrogen-bond donors (Lipinski definition) is 1. The highest BCUT2D eigenvalue weighted by Gasteiger charge is 2.36. The Morgan fingerprint density at radius 3 is 2.56 bits per heavy atom. The fourth-order valence-corrected chi connectivity index (χ4v) is 3.75. The summed E-state index contributed by atoms with van der Waals surface area (Å²) in [6.45, 7) is 5.24. The Hall–Kier alpha value is -2.00. The van der Waals surface area contributed by atoms with Crippen molar-refractivity contribution in [2.24, 2.45) is 5.92 Å². The van der Waals surface area contributed by atoms with Crippen LogP contribution in [0, 0.1) is 24.2 Å². The molecule has 1 fully saturated rings. The number of halogens is 2. The number of imidazole rings is 1. The molecule has 4 nitrogen and oxygen atoms in total. The van der Waals surface area contributed by atoms with E-state index in [1.165, 1.54) is 0 Å². The topological polar surface area (TPSA) is 61.3 Å². The van der Waals surface area contributed by atoms with Crippen LogP contribution in [0.5, 0.6) is 0 Å². The molecule has 0 amide bonds. The normalized spacial score (nSPS) is 18.4. The lowest BCUT2D eigenvalue weighted by molar-refractivity contribution is -0.0458. The van der Waals surface area contributed by atoms with Crippen molar-refractivity contribution in [1.82, 2.24) is 9.38 Å². The van der Waals surface area contributed by atoms with Crippen LogP contribution >= 0.6 is 0 Å². The van der Waals surface area contributed by atoms with Gasteiger partial charge in [0.2, 0.25) is 5.92 Å². The monoisotopic (exact) mass is 347 g/mol. The van der Waals surface area contributed by atoms with E-state index >= 15 is 0 Å². The Labute approximate surface area is 146 Å². The largest absolute Gasteiger partial charge is 0.384 e. The van der Waals surface area contributed by atoms with Gasteiger partial charge in [-0.25, -0.2) is 13.8 Å². The fourth-order valence-electron chi connectivity index (χ4n) is 3.75. The van der Waals surface area contributed by atoms with Crippen molar-refractivity contribution in [3.05, 3.63) is 34.8 Å². The van der Waals surface area contributed by atoms with E-state index in [4.69, 9.17) is 5.26 Å². The van der Waals surface area contributed by atoms with Crippen molar-refractivity contribution < 1.29 is 13.9 Å². The number of rotatable bonds is 3. The highest BCUT2D eigenvalue weighted by Crippen LogP contribution is 2.38. The number of aromatic nitrogens is 2. The van der Waals surface area contributed by atoms with E-state index in [0.29, 0.717) is 36.2 Å². The van der Waals surface area contributed by atoms with Crippen LogP contribution in [-0.2, 0) is 12.0 Å². The SMILES string of the molecule is Cc1cc(C#N)cc2nc(C(C)(C)O)c(CC3CCC(F)(F)CC3)n12. The maximum Gasteiger partial charge on any atom is 0.248 e. The van der Waals surface area contributed by atoms with E-state index in [-0.39, 0.29) is 18.8 Å². The zero-order chi connectivity index (χ0) is 18.4. The van der Waals surface area contributed by atoms with Gasteiger partial charge in [-0.3, -0.25) is 0 Å². The lowest BCUT2D eigenvalue weighted by Gasteiger charge is -2.29. The molecule has 2 aromatic rings. The molecule has 0 saturated heterocycles. The molecule has 25 heavy (non-hydrogen) atoms. The molecular formula is C19H23F2N3O. The number of alkyl halides is 2.